The van der Waals surface area contributed by atoms with E-state index in [0.717, 1.165) is 38.5 Å². The van der Waals surface area contributed by atoms with Crippen LogP contribution in [-0.2, 0) is 10.2 Å². The lowest BCUT2D eigenvalue weighted by atomic mass is 9.87. The molecule has 0 aliphatic heterocycles. The van der Waals surface area contributed by atoms with Crippen LogP contribution in [0.25, 0.3) is 0 Å². The van der Waals surface area contributed by atoms with E-state index in [2.05, 4.69) is 50.4 Å². The van der Waals surface area contributed by atoms with Crippen LogP contribution in [0.3, 0.4) is 0 Å². The first-order valence-corrected chi connectivity index (χ1v) is 6.97. The summed E-state index contributed by atoms with van der Waals surface area (Å²) >= 11 is 0. The SMILES string of the molecule is COCCNCCCOc1ccc(C(C)(C)C)cc1. The van der Waals surface area contributed by atoms with Crippen molar-refractivity contribution >= 4 is 0 Å². The van der Waals surface area contributed by atoms with E-state index in [1.54, 1.807) is 7.11 Å². The summed E-state index contributed by atoms with van der Waals surface area (Å²) in [6.45, 7) is 10.0. The van der Waals surface area contributed by atoms with Crippen LogP contribution in [0, 0.1) is 0 Å². The van der Waals surface area contributed by atoms with Crippen LogP contribution < -0.4 is 10.1 Å². The molecule has 0 fully saturated rings. The summed E-state index contributed by atoms with van der Waals surface area (Å²) in [5.41, 5.74) is 1.53. The maximum absolute atomic E-state index is 5.71. The Morgan fingerprint density at radius 2 is 1.68 bits per heavy atom. The Morgan fingerprint density at radius 3 is 2.26 bits per heavy atom. The molecule has 1 aromatic carbocycles. The number of nitrogens with one attached hydrogen (secondary N) is 1. The molecule has 3 nitrogen and oxygen atoms in total. The number of benzene rings is 1. The first-order valence-electron chi connectivity index (χ1n) is 6.97. The summed E-state index contributed by atoms with van der Waals surface area (Å²) in [6.07, 6.45) is 1.00. The molecule has 0 radical (unpaired) electrons. The van der Waals surface area contributed by atoms with E-state index in [1.165, 1.54) is 5.56 Å². The van der Waals surface area contributed by atoms with Gasteiger partial charge in [-0.05, 0) is 36.1 Å². The number of ether oxygens (including phenoxy) is 2. The first-order chi connectivity index (χ1) is 9.04. The van der Waals surface area contributed by atoms with Crippen LogP contribution in [0.1, 0.15) is 32.8 Å². The maximum atomic E-state index is 5.71. The van der Waals surface area contributed by atoms with Crippen LogP contribution in [0.5, 0.6) is 5.75 Å². The highest BCUT2D eigenvalue weighted by molar-refractivity contribution is 5.31. The Balaban J connectivity index is 2.20. The third-order valence-electron chi connectivity index (χ3n) is 2.97. The maximum Gasteiger partial charge on any atom is 0.119 e. The van der Waals surface area contributed by atoms with Crippen LogP contribution in [0.4, 0.5) is 0 Å². The van der Waals surface area contributed by atoms with Gasteiger partial charge in [0, 0.05) is 13.7 Å². The highest BCUT2D eigenvalue weighted by atomic mass is 16.5. The molecule has 0 aliphatic carbocycles. The predicted octanol–water partition coefficient (Wildman–Crippen LogP) is 2.99. The summed E-state index contributed by atoms with van der Waals surface area (Å²) in [4.78, 5) is 0. The Kier molecular flexibility index (Phi) is 6.89. The van der Waals surface area contributed by atoms with Crippen molar-refractivity contribution in [2.75, 3.05) is 33.4 Å². The average molecular weight is 265 g/mol. The second-order valence-electron chi connectivity index (χ2n) is 5.72. The molecule has 1 rings (SSSR count). The topological polar surface area (TPSA) is 30.5 Å². The third kappa shape index (κ3) is 6.60. The second kappa shape index (κ2) is 8.18. The van der Waals surface area contributed by atoms with Gasteiger partial charge in [-0.2, -0.15) is 0 Å². The van der Waals surface area contributed by atoms with Gasteiger partial charge in [0.05, 0.1) is 13.2 Å². The number of hydrogen-bond acceptors (Lipinski definition) is 3. The van der Waals surface area contributed by atoms with Gasteiger partial charge < -0.3 is 14.8 Å². The molecule has 0 heterocycles. The minimum Gasteiger partial charge on any atom is -0.494 e. The normalized spacial score (nSPS) is 11.6. The van der Waals surface area contributed by atoms with Gasteiger partial charge in [-0.1, -0.05) is 32.9 Å². The zero-order chi connectivity index (χ0) is 14.1. The minimum absolute atomic E-state index is 0.198. The van der Waals surface area contributed by atoms with Crippen LogP contribution in [0.2, 0.25) is 0 Å². The van der Waals surface area contributed by atoms with E-state index in [-0.39, 0.29) is 5.41 Å². The fourth-order valence-electron chi connectivity index (χ4n) is 1.74. The lowest BCUT2D eigenvalue weighted by Gasteiger charge is -2.19. The molecule has 0 amide bonds. The zero-order valence-electron chi connectivity index (χ0n) is 12.7. The lowest BCUT2D eigenvalue weighted by molar-refractivity contribution is 0.198. The Bertz CT molecular complexity index is 341. The highest BCUT2D eigenvalue weighted by Gasteiger charge is 2.12. The highest BCUT2D eigenvalue weighted by Crippen LogP contribution is 2.24. The van der Waals surface area contributed by atoms with Gasteiger partial charge in [-0.15, -0.1) is 0 Å². The molecular formula is C16H27NO2. The van der Waals surface area contributed by atoms with Crippen LogP contribution in [0.15, 0.2) is 24.3 Å². The molecular weight excluding hydrogens is 238 g/mol. The van der Waals surface area contributed by atoms with Gasteiger partial charge in [0.2, 0.25) is 0 Å². The van der Waals surface area contributed by atoms with Crippen molar-refractivity contribution in [3.63, 3.8) is 0 Å². The minimum atomic E-state index is 0.198. The largest absolute Gasteiger partial charge is 0.494 e. The molecule has 0 unspecified atom stereocenters. The Labute approximate surface area is 117 Å². The van der Waals surface area contributed by atoms with E-state index in [1.807, 2.05) is 0 Å². The average Bonchev–Trinajstić information content (AvgIpc) is 2.37. The third-order valence-corrected chi connectivity index (χ3v) is 2.97. The van der Waals surface area contributed by atoms with Gasteiger partial charge in [-0.25, -0.2) is 0 Å². The molecule has 0 saturated carbocycles. The molecule has 19 heavy (non-hydrogen) atoms. The number of hydrogen-bond donors (Lipinski definition) is 1. The van der Waals surface area contributed by atoms with Gasteiger partial charge in [0.1, 0.15) is 5.75 Å². The van der Waals surface area contributed by atoms with E-state index in [0.29, 0.717) is 0 Å². The van der Waals surface area contributed by atoms with Gasteiger partial charge in [-0.3, -0.25) is 0 Å². The molecule has 0 aromatic heterocycles. The van der Waals surface area contributed by atoms with Crippen molar-refractivity contribution in [1.82, 2.24) is 5.32 Å². The standard InChI is InChI=1S/C16H27NO2/c1-16(2,3)14-6-8-15(9-7-14)19-12-5-10-17-11-13-18-4/h6-9,17H,5,10-13H2,1-4H3. The molecule has 0 atom stereocenters. The fourth-order valence-corrected chi connectivity index (χ4v) is 1.74. The van der Waals surface area contributed by atoms with Crippen molar-refractivity contribution in [3.05, 3.63) is 29.8 Å². The Hall–Kier alpha value is -1.06. The second-order valence-corrected chi connectivity index (χ2v) is 5.72. The van der Waals surface area contributed by atoms with Crippen LogP contribution >= 0.6 is 0 Å². The summed E-state index contributed by atoms with van der Waals surface area (Å²) in [6, 6.07) is 8.40. The molecule has 0 bridgehead atoms. The van der Waals surface area contributed by atoms with Gasteiger partial charge >= 0.3 is 0 Å². The van der Waals surface area contributed by atoms with Gasteiger partial charge in [0.15, 0.2) is 0 Å². The Morgan fingerprint density at radius 1 is 1.00 bits per heavy atom. The van der Waals surface area contributed by atoms with Crippen molar-refractivity contribution in [1.29, 1.82) is 0 Å². The molecule has 3 heteroatoms. The number of methoxy groups -OCH3 is 1. The summed E-state index contributed by atoms with van der Waals surface area (Å²) in [5, 5.41) is 3.30. The van der Waals surface area contributed by atoms with Crippen molar-refractivity contribution in [3.8, 4) is 5.75 Å². The molecule has 0 spiro atoms. The van der Waals surface area contributed by atoms with Crippen molar-refractivity contribution < 1.29 is 9.47 Å². The quantitative estimate of drug-likeness (QED) is 0.733. The summed E-state index contributed by atoms with van der Waals surface area (Å²) in [5.74, 6) is 0.949. The van der Waals surface area contributed by atoms with E-state index >= 15 is 0 Å². The molecule has 0 saturated heterocycles. The smallest absolute Gasteiger partial charge is 0.119 e. The molecule has 1 N–H and O–H groups in total. The van der Waals surface area contributed by atoms with E-state index in [4.69, 9.17) is 9.47 Å². The van der Waals surface area contributed by atoms with Crippen molar-refractivity contribution in [2.45, 2.75) is 32.6 Å². The van der Waals surface area contributed by atoms with Gasteiger partial charge in [0.25, 0.3) is 0 Å². The molecule has 0 aliphatic rings. The first kappa shape index (κ1) is 16.0. The fraction of sp³-hybridized carbons (Fsp3) is 0.625. The van der Waals surface area contributed by atoms with E-state index in [9.17, 15) is 0 Å². The van der Waals surface area contributed by atoms with Crippen molar-refractivity contribution in [2.24, 2.45) is 0 Å². The predicted molar refractivity (Wildman–Crippen MR) is 80.0 cm³/mol. The molecule has 1 aromatic rings. The number of rotatable bonds is 8. The zero-order valence-corrected chi connectivity index (χ0v) is 12.7. The van der Waals surface area contributed by atoms with E-state index < -0.39 is 0 Å². The monoisotopic (exact) mass is 265 g/mol. The van der Waals surface area contributed by atoms with Crippen LogP contribution in [-0.4, -0.2) is 33.4 Å². The molecule has 108 valence electrons. The summed E-state index contributed by atoms with van der Waals surface area (Å²) in [7, 11) is 1.71. The lowest BCUT2D eigenvalue weighted by Crippen LogP contribution is -2.21. The summed E-state index contributed by atoms with van der Waals surface area (Å²) < 4.78 is 10.7.